The average molecular weight is 409 g/mol. The summed E-state index contributed by atoms with van der Waals surface area (Å²) in [6, 6.07) is 6.14. The summed E-state index contributed by atoms with van der Waals surface area (Å²) in [7, 11) is 1.65. The summed E-state index contributed by atoms with van der Waals surface area (Å²) in [4.78, 5) is 30.9. The molecule has 0 saturated heterocycles. The van der Waals surface area contributed by atoms with Crippen molar-refractivity contribution in [2.75, 3.05) is 13.2 Å². The van der Waals surface area contributed by atoms with Gasteiger partial charge in [-0.2, -0.15) is 4.98 Å². The van der Waals surface area contributed by atoms with Crippen LogP contribution in [0, 0.1) is 27.7 Å². The van der Waals surface area contributed by atoms with Crippen molar-refractivity contribution in [3.63, 3.8) is 0 Å². The molecule has 4 aromatic rings. The SMILES string of the molecule is CCOCCn1c(=O)c2c(nc3n(-c4cccc(C)c4C)c(C)c(C)n23)n(C)c1=O. The van der Waals surface area contributed by atoms with Crippen molar-refractivity contribution in [1.82, 2.24) is 23.1 Å². The molecule has 0 spiro atoms. The number of nitrogens with zero attached hydrogens (tertiary/aromatic N) is 5. The Morgan fingerprint density at radius 1 is 1.07 bits per heavy atom. The van der Waals surface area contributed by atoms with E-state index in [9.17, 15) is 9.59 Å². The molecule has 0 atom stereocenters. The van der Waals surface area contributed by atoms with Crippen molar-refractivity contribution in [3.8, 4) is 5.69 Å². The molecule has 0 bridgehead atoms. The molecule has 0 N–H and O–H groups in total. The highest BCUT2D eigenvalue weighted by atomic mass is 16.5. The fourth-order valence-electron chi connectivity index (χ4n) is 4.01. The molecule has 0 aliphatic heterocycles. The lowest BCUT2D eigenvalue weighted by atomic mass is 10.1. The minimum absolute atomic E-state index is 0.207. The summed E-state index contributed by atoms with van der Waals surface area (Å²) < 4.78 is 12.0. The van der Waals surface area contributed by atoms with Gasteiger partial charge in [-0.05, 0) is 51.8 Å². The summed E-state index contributed by atoms with van der Waals surface area (Å²) in [6.07, 6.45) is 0. The van der Waals surface area contributed by atoms with Crippen molar-refractivity contribution < 1.29 is 4.74 Å². The van der Waals surface area contributed by atoms with Crippen LogP contribution in [0.25, 0.3) is 22.6 Å². The highest BCUT2D eigenvalue weighted by Crippen LogP contribution is 2.27. The van der Waals surface area contributed by atoms with Gasteiger partial charge in [-0.25, -0.2) is 4.79 Å². The van der Waals surface area contributed by atoms with Gasteiger partial charge in [0.1, 0.15) is 0 Å². The van der Waals surface area contributed by atoms with E-state index in [0.29, 0.717) is 30.2 Å². The van der Waals surface area contributed by atoms with Gasteiger partial charge >= 0.3 is 5.69 Å². The molecule has 8 heteroatoms. The minimum atomic E-state index is -0.388. The zero-order chi connectivity index (χ0) is 21.7. The number of benzene rings is 1. The van der Waals surface area contributed by atoms with Crippen LogP contribution in [0.4, 0.5) is 0 Å². The van der Waals surface area contributed by atoms with E-state index >= 15 is 0 Å². The third kappa shape index (κ3) is 2.74. The number of hydrogen-bond donors (Lipinski definition) is 0. The average Bonchev–Trinajstić information content (AvgIpc) is 3.21. The van der Waals surface area contributed by atoms with E-state index in [1.807, 2.05) is 37.3 Å². The Kier molecular flexibility index (Phi) is 4.89. The number of ether oxygens (including phenoxy) is 1. The lowest BCUT2D eigenvalue weighted by Crippen LogP contribution is -2.40. The van der Waals surface area contributed by atoms with Crippen LogP contribution in [0.15, 0.2) is 27.8 Å². The van der Waals surface area contributed by atoms with E-state index in [-0.39, 0.29) is 17.8 Å². The van der Waals surface area contributed by atoms with Gasteiger partial charge in [-0.15, -0.1) is 0 Å². The zero-order valence-electron chi connectivity index (χ0n) is 18.3. The molecule has 8 nitrogen and oxygen atoms in total. The second-order valence-corrected chi connectivity index (χ2v) is 7.64. The maximum Gasteiger partial charge on any atom is 0.332 e. The fraction of sp³-hybridized carbons (Fsp3) is 0.409. The molecule has 158 valence electrons. The summed E-state index contributed by atoms with van der Waals surface area (Å²) in [5.74, 6) is 0.628. The summed E-state index contributed by atoms with van der Waals surface area (Å²) in [6.45, 7) is 11.1. The third-order valence-electron chi connectivity index (χ3n) is 6.00. The Bertz CT molecular complexity index is 1400. The second kappa shape index (κ2) is 7.28. The van der Waals surface area contributed by atoms with Gasteiger partial charge in [-0.1, -0.05) is 12.1 Å². The molecule has 0 aliphatic rings. The number of fused-ring (bicyclic) bond motifs is 3. The quantitative estimate of drug-likeness (QED) is 0.475. The number of imidazole rings is 2. The smallest absolute Gasteiger partial charge is 0.332 e. The van der Waals surface area contributed by atoms with E-state index in [2.05, 4.69) is 24.5 Å². The summed E-state index contributed by atoms with van der Waals surface area (Å²) in [5, 5.41) is 0. The lowest BCUT2D eigenvalue weighted by molar-refractivity contribution is 0.137. The van der Waals surface area contributed by atoms with E-state index in [4.69, 9.17) is 9.72 Å². The van der Waals surface area contributed by atoms with Crippen molar-refractivity contribution in [2.24, 2.45) is 7.05 Å². The van der Waals surface area contributed by atoms with Crippen molar-refractivity contribution in [1.29, 1.82) is 0 Å². The standard InChI is InChI=1S/C22H27N5O3/c1-7-30-12-11-25-20(28)18-19(24(6)22(25)29)23-21-26(15(4)16(5)27(18)21)17-10-8-9-13(2)14(17)3/h8-10H,7,11-12H2,1-6H3. The number of aryl methyl sites for hydroxylation is 3. The lowest BCUT2D eigenvalue weighted by Gasteiger charge is -2.12. The van der Waals surface area contributed by atoms with Crippen LogP contribution in [0.1, 0.15) is 29.4 Å². The Balaban J connectivity index is 2.10. The molecule has 0 amide bonds. The number of aromatic nitrogens is 5. The Labute approximate surface area is 174 Å². The maximum atomic E-state index is 13.3. The van der Waals surface area contributed by atoms with Gasteiger partial charge in [0.2, 0.25) is 5.78 Å². The molecule has 3 heterocycles. The van der Waals surface area contributed by atoms with Crippen LogP contribution >= 0.6 is 0 Å². The third-order valence-corrected chi connectivity index (χ3v) is 6.00. The monoisotopic (exact) mass is 409 g/mol. The Morgan fingerprint density at radius 3 is 2.50 bits per heavy atom. The van der Waals surface area contributed by atoms with Gasteiger partial charge in [0.15, 0.2) is 11.2 Å². The van der Waals surface area contributed by atoms with Crippen LogP contribution < -0.4 is 11.2 Å². The first-order valence-electron chi connectivity index (χ1n) is 10.1. The van der Waals surface area contributed by atoms with Gasteiger partial charge < -0.3 is 4.74 Å². The number of rotatable bonds is 5. The highest BCUT2D eigenvalue weighted by Gasteiger charge is 2.23. The van der Waals surface area contributed by atoms with Crippen molar-refractivity contribution in [3.05, 3.63) is 61.6 Å². The van der Waals surface area contributed by atoms with Gasteiger partial charge in [0.25, 0.3) is 5.56 Å². The number of hydrogen-bond acceptors (Lipinski definition) is 4. The van der Waals surface area contributed by atoms with Crippen LogP contribution in [-0.2, 0) is 18.3 Å². The zero-order valence-corrected chi connectivity index (χ0v) is 18.3. The first-order valence-corrected chi connectivity index (χ1v) is 10.1. The van der Waals surface area contributed by atoms with Crippen LogP contribution in [0.3, 0.4) is 0 Å². The van der Waals surface area contributed by atoms with Crippen LogP contribution in [-0.4, -0.2) is 36.3 Å². The fourth-order valence-corrected chi connectivity index (χ4v) is 4.01. The van der Waals surface area contributed by atoms with Crippen molar-refractivity contribution >= 4 is 16.9 Å². The molecule has 0 unspecified atom stereocenters. The maximum absolute atomic E-state index is 13.3. The van der Waals surface area contributed by atoms with Gasteiger partial charge in [0.05, 0.1) is 18.8 Å². The molecule has 30 heavy (non-hydrogen) atoms. The molecular weight excluding hydrogens is 382 g/mol. The minimum Gasteiger partial charge on any atom is -0.380 e. The largest absolute Gasteiger partial charge is 0.380 e. The second-order valence-electron chi connectivity index (χ2n) is 7.64. The Morgan fingerprint density at radius 2 is 1.80 bits per heavy atom. The first-order chi connectivity index (χ1) is 14.3. The summed E-state index contributed by atoms with van der Waals surface area (Å²) in [5.41, 5.74) is 5.32. The topological polar surface area (TPSA) is 75.5 Å². The first kappa shape index (κ1) is 20.2. The normalized spacial score (nSPS) is 11.8. The van der Waals surface area contributed by atoms with E-state index in [0.717, 1.165) is 22.6 Å². The van der Waals surface area contributed by atoms with Gasteiger partial charge in [0, 0.05) is 25.0 Å². The molecule has 1 aromatic carbocycles. The molecule has 3 aromatic heterocycles. The van der Waals surface area contributed by atoms with Crippen molar-refractivity contribution in [2.45, 2.75) is 41.2 Å². The molecule has 0 radical (unpaired) electrons. The molecule has 0 fully saturated rings. The van der Waals surface area contributed by atoms with Crippen LogP contribution in [0.5, 0.6) is 0 Å². The predicted molar refractivity (Wildman–Crippen MR) is 117 cm³/mol. The molecule has 0 saturated carbocycles. The molecule has 4 rings (SSSR count). The van der Waals surface area contributed by atoms with E-state index in [1.165, 1.54) is 14.7 Å². The highest BCUT2D eigenvalue weighted by molar-refractivity contribution is 5.77. The summed E-state index contributed by atoms with van der Waals surface area (Å²) >= 11 is 0. The predicted octanol–water partition coefficient (Wildman–Crippen LogP) is 2.41. The van der Waals surface area contributed by atoms with Gasteiger partial charge in [-0.3, -0.25) is 22.9 Å². The van der Waals surface area contributed by atoms with E-state index < -0.39 is 0 Å². The van der Waals surface area contributed by atoms with E-state index in [1.54, 1.807) is 7.05 Å². The molecule has 0 aliphatic carbocycles. The Hall–Kier alpha value is -3.13. The molecular formula is C22H27N5O3. The van der Waals surface area contributed by atoms with Crippen LogP contribution in [0.2, 0.25) is 0 Å².